The molecule has 1 aliphatic heterocycles. The minimum Gasteiger partial charge on any atom is -0.388 e. The Morgan fingerprint density at radius 1 is 1.24 bits per heavy atom. The van der Waals surface area contributed by atoms with Gasteiger partial charge < -0.3 is 15.7 Å². The van der Waals surface area contributed by atoms with Gasteiger partial charge in [-0.1, -0.05) is 36.4 Å². The Kier molecular flexibility index (Phi) is 8.99. The van der Waals surface area contributed by atoms with Gasteiger partial charge in [-0.15, -0.1) is 11.3 Å². The van der Waals surface area contributed by atoms with E-state index in [0.717, 1.165) is 37.7 Å². The van der Waals surface area contributed by atoms with Gasteiger partial charge in [0.05, 0.1) is 6.10 Å². The highest BCUT2D eigenvalue weighted by atomic mass is 32.1. The maximum absolute atomic E-state index is 10.3. The van der Waals surface area contributed by atoms with Crippen LogP contribution in [0.2, 0.25) is 0 Å². The summed E-state index contributed by atoms with van der Waals surface area (Å²) in [6, 6.07) is 14.2. The van der Waals surface area contributed by atoms with Crippen molar-refractivity contribution in [3.63, 3.8) is 0 Å². The second-order valence-electron chi connectivity index (χ2n) is 7.68. The maximum atomic E-state index is 10.3. The number of nitrogens with one attached hydrogen (secondary N) is 2. The lowest BCUT2D eigenvalue weighted by Gasteiger charge is -2.31. The summed E-state index contributed by atoms with van der Waals surface area (Å²) < 4.78 is 0. The summed E-state index contributed by atoms with van der Waals surface area (Å²) in [6.07, 6.45) is 2.71. The third-order valence-corrected chi connectivity index (χ3v) is 6.17. The highest BCUT2D eigenvalue weighted by molar-refractivity contribution is 7.09. The Labute approximate surface area is 178 Å². The SMILES string of the molecule is CCNC(=NCC1CCCN(Cc2cccs2)C1)NCCC(O)c1ccccc1. The van der Waals surface area contributed by atoms with Crippen LogP contribution in [-0.2, 0) is 6.54 Å². The molecule has 2 unspecified atom stereocenters. The molecule has 0 aliphatic carbocycles. The van der Waals surface area contributed by atoms with E-state index < -0.39 is 6.10 Å². The van der Waals surface area contributed by atoms with Crippen molar-refractivity contribution in [3.8, 4) is 0 Å². The number of nitrogens with zero attached hydrogens (tertiary/aromatic N) is 2. The van der Waals surface area contributed by atoms with Gasteiger partial charge in [-0.25, -0.2) is 0 Å². The average molecular weight is 415 g/mol. The van der Waals surface area contributed by atoms with E-state index in [9.17, 15) is 5.11 Å². The molecule has 2 atom stereocenters. The van der Waals surface area contributed by atoms with Crippen molar-refractivity contribution in [2.75, 3.05) is 32.7 Å². The van der Waals surface area contributed by atoms with Crippen LogP contribution in [0.15, 0.2) is 52.8 Å². The van der Waals surface area contributed by atoms with Crippen molar-refractivity contribution in [1.82, 2.24) is 15.5 Å². The normalized spacial score (nSPS) is 19.1. The molecule has 1 aliphatic rings. The fourth-order valence-electron chi connectivity index (χ4n) is 3.80. The fraction of sp³-hybridized carbons (Fsp3) is 0.522. The molecule has 0 radical (unpaired) electrons. The molecule has 29 heavy (non-hydrogen) atoms. The predicted octanol–water partition coefficient (Wildman–Crippen LogP) is 3.64. The second kappa shape index (κ2) is 12.0. The molecule has 158 valence electrons. The van der Waals surface area contributed by atoms with Crippen molar-refractivity contribution in [2.24, 2.45) is 10.9 Å². The number of likely N-dealkylation sites (tertiary alicyclic amines) is 1. The standard InChI is InChI=1S/C23H34N4OS/c1-2-24-23(25-13-12-22(28)20-9-4-3-5-10-20)26-16-19-8-6-14-27(17-19)18-21-11-7-15-29-21/h3-5,7,9-11,15,19,22,28H,2,6,8,12-14,16-18H2,1H3,(H2,24,25,26). The van der Waals surface area contributed by atoms with Gasteiger partial charge in [0.25, 0.3) is 0 Å². The number of hydrogen-bond donors (Lipinski definition) is 3. The molecule has 1 fully saturated rings. The van der Waals surface area contributed by atoms with Crippen LogP contribution in [0.1, 0.15) is 42.7 Å². The molecule has 0 spiro atoms. The van der Waals surface area contributed by atoms with Crippen LogP contribution in [0.5, 0.6) is 0 Å². The van der Waals surface area contributed by atoms with Crippen LogP contribution in [0.3, 0.4) is 0 Å². The van der Waals surface area contributed by atoms with Crippen molar-refractivity contribution in [2.45, 2.75) is 38.8 Å². The van der Waals surface area contributed by atoms with E-state index in [1.165, 1.54) is 24.3 Å². The quantitative estimate of drug-likeness (QED) is 0.433. The highest BCUT2D eigenvalue weighted by Gasteiger charge is 2.20. The lowest BCUT2D eigenvalue weighted by molar-refractivity contribution is 0.168. The third-order valence-electron chi connectivity index (χ3n) is 5.31. The number of benzene rings is 1. The van der Waals surface area contributed by atoms with Gasteiger partial charge in [-0.3, -0.25) is 9.89 Å². The number of piperidine rings is 1. The van der Waals surface area contributed by atoms with Gasteiger partial charge in [-0.05, 0) is 55.7 Å². The molecular formula is C23H34N4OS. The number of aliphatic hydroxyl groups is 1. The maximum Gasteiger partial charge on any atom is 0.191 e. The van der Waals surface area contributed by atoms with Gasteiger partial charge in [0, 0.05) is 37.6 Å². The second-order valence-corrected chi connectivity index (χ2v) is 8.72. The van der Waals surface area contributed by atoms with Crippen molar-refractivity contribution in [1.29, 1.82) is 0 Å². The van der Waals surface area contributed by atoms with Crippen LogP contribution in [0.25, 0.3) is 0 Å². The van der Waals surface area contributed by atoms with E-state index >= 15 is 0 Å². The van der Waals surface area contributed by atoms with Crippen LogP contribution in [0, 0.1) is 5.92 Å². The first-order chi connectivity index (χ1) is 14.2. The molecule has 3 N–H and O–H groups in total. The van der Waals surface area contributed by atoms with E-state index in [-0.39, 0.29) is 0 Å². The van der Waals surface area contributed by atoms with E-state index in [4.69, 9.17) is 4.99 Å². The van der Waals surface area contributed by atoms with E-state index in [2.05, 4.69) is 40.0 Å². The largest absolute Gasteiger partial charge is 0.388 e. The summed E-state index contributed by atoms with van der Waals surface area (Å²) >= 11 is 1.84. The molecule has 3 rings (SSSR count). The molecule has 0 amide bonds. The molecule has 2 aromatic rings. The van der Waals surface area contributed by atoms with E-state index in [0.29, 0.717) is 18.9 Å². The first-order valence-electron chi connectivity index (χ1n) is 10.7. The number of rotatable bonds is 9. The number of hydrogen-bond acceptors (Lipinski definition) is 4. The van der Waals surface area contributed by atoms with Gasteiger partial charge in [-0.2, -0.15) is 0 Å². The smallest absolute Gasteiger partial charge is 0.191 e. The molecular weight excluding hydrogens is 380 g/mol. The summed E-state index contributed by atoms with van der Waals surface area (Å²) in [6.45, 7) is 7.82. The Balaban J connectivity index is 1.44. The zero-order valence-electron chi connectivity index (χ0n) is 17.4. The first-order valence-corrected chi connectivity index (χ1v) is 11.6. The van der Waals surface area contributed by atoms with Gasteiger partial charge in [0.1, 0.15) is 0 Å². The van der Waals surface area contributed by atoms with E-state index in [1.807, 2.05) is 41.7 Å². The van der Waals surface area contributed by atoms with Crippen molar-refractivity contribution < 1.29 is 5.11 Å². The predicted molar refractivity (Wildman–Crippen MR) is 122 cm³/mol. The highest BCUT2D eigenvalue weighted by Crippen LogP contribution is 2.20. The fourth-order valence-corrected chi connectivity index (χ4v) is 4.54. The summed E-state index contributed by atoms with van der Waals surface area (Å²) in [5, 5.41) is 19.2. The summed E-state index contributed by atoms with van der Waals surface area (Å²) in [5.41, 5.74) is 0.962. The third kappa shape index (κ3) is 7.46. The monoisotopic (exact) mass is 414 g/mol. The molecule has 2 heterocycles. The molecule has 1 saturated heterocycles. The Morgan fingerprint density at radius 3 is 2.86 bits per heavy atom. The summed E-state index contributed by atoms with van der Waals surface area (Å²) in [5.74, 6) is 1.46. The van der Waals surface area contributed by atoms with Crippen molar-refractivity contribution in [3.05, 3.63) is 58.3 Å². The molecule has 5 nitrogen and oxygen atoms in total. The molecule has 0 saturated carbocycles. The zero-order valence-corrected chi connectivity index (χ0v) is 18.2. The molecule has 1 aromatic heterocycles. The number of aliphatic imine (C=N–C) groups is 1. The average Bonchev–Trinajstić information content (AvgIpc) is 3.26. The lowest BCUT2D eigenvalue weighted by Crippen LogP contribution is -2.40. The Morgan fingerprint density at radius 2 is 2.10 bits per heavy atom. The van der Waals surface area contributed by atoms with Crippen molar-refractivity contribution >= 4 is 17.3 Å². The number of aliphatic hydroxyl groups excluding tert-OH is 1. The van der Waals surface area contributed by atoms with Crippen LogP contribution < -0.4 is 10.6 Å². The molecule has 6 heteroatoms. The van der Waals surface area contributed by atoms with E-state index in [1.54, 1.807) is 0 Å². The van der Waals surface area contributed by atoms with Crippen LogP contribution in [0.4, 0.5) is 0 Å². The van der Waals surface area contributed by atoms with Gasteiger partial charge in [0.15, 0.2) is 5.96 Å². The summed E-state index contributed by atoms with van der Waals surface area (Å²) in [4.78, 5) is 8.83. The molecule has 1 aromatic carbocycles. The van der Waals surface area contributed by atoms with Crippen LogP contribution in [-0.4, -0.2) is 48.7 Å². The zero-order chi connectivity index (χ0) is 20.3. The molecule has 0 bridgehead atoms. The summed E-state index contributed by atoms with van der Waals surface area (Å²) in [7, 11) is 0. The number of thiophene rings is 1. The number of guanidine groups is 1. The van der Waals surface area contributed by atoms with Crippen LogP contribution >= 0.6 is 11.3 Å². The minimum absolute atomic E-state index is 0.448. The minimum atomic E-state index is -0.448. The Hall–Kier alpha value is -1.89. The van der Waals surface area contributed by atoms with Gasteiger partial charge in [0.2, 0.25) is 0 Å². The first kappa shape index (κ1) is 21.8. The van der Waals surface area contributed by atoms with Gasteiger partial charge >= 0.3 is 0 Å². The topological polar surface area (TPSA) is 59.9 Å². The Bertz CT molecular complexity index is 720. The lowest BCUT2D eigenvalue weighted by atomic mass is 9.98.